The van der Waals surface area contributed by atoms with E-state index in [4.69, 9.17) is 4.74 Å². The van der Waals surface area contributed by atoms with Gasteiger partial charge in [0.1, 0.15) is 11.4 Å². The predicted octanol–water partition coefficient (Wildman–Crippen LogP) is 3.24. The molecule has 1 heterocycles. The maximum Gasteiger partial charge on any atom is 0.322 e. The van der Waals surface area contributed by atoms with Crippen molar-refractivity contribution in [2.45, 2.75) is 29.1 Å². The summed E-state index contributed by atoms with van der Waals surface area (Å²) < 4.78 is 18.0. The highest BCUT2D eigenvalue weighted by Gasteiger charge is 2.35. The average Bonchev–Trinajstić information content (AvgIpc) is 2.56. The Hall–Kier alpha value is -1.94. The largest absolute Gasteiger partial charge is 0.457 e. The fraction of sp³-hybridized carbons (Fsp3) is 0.235. The van der Waals surface area contributed by atoms with E-state index in [2.05, 4.69) is 0 Å². The average molecular weight is 300 g/mol. The molecule has 1 saturated heterocycles. The second kappa shape index (κ2) is 6.22. The summed E-state index contributed by atoms with van der Waals surface area (Å²) in [6, 6.07) is 18.8. The minimum Gasteiger partial charge on any atom is -0.457 e. The molecule has 1 fully saturated rings. The lowest BCUT2D eigenvalue weighted by molar-refractivity contribution is -0.153. The highest BCUT2D eigenvalue weighted by molar-refractivity contribution is 7.86. The van der Waals surface area contributed by atoms with E-state index in [0.29, 0.717) is 17.7 Å². The predicted molar refractivity (Wildman–Crippen MR) is 81.1 cm³/mol. The second-order valence-corrected chi connectivity index (χ2v) is 6.65. The van der Waals surface area contributed by atoms with Crippen molar-refractivity contribution in [3.8, 4) is 0 Å². The van der Waals surface area contributed by atoms with Crippen molar-refractivity contribution in [2.75, 3.05) is 0 Å². The monoisotopic (exact) mass is 300 g/mol. The first-order valence-electron chi connectivity index (χ1n) is 6.97. The van der Waals surface area contributed by atoms with Crippen LogP contribution in [0.15, 0.2) is 65.6 Å². The molecule has 1 aliphatic rings. The van der Waals surface area contributed by atoms with Crippen molar-refractivity contribution < 1.29 is 13.7 Å². The lowest BCUT2D eigenvalue weighted by Crippen LogP contribution is -2.34. The molecular weight excluding hydrogens is 284 g/mol. The Morgan fingerprint density at radius 3 is 2.14 bits per heavy atom. The zero-order valence-electron chi connectivity index (χ0n) is 11.5. The van der Waals surface area contributed by atoms with Crippen molar-refractivity contribution in [1.82, 2.24) is 0 Å². The summed E-state index contributed by atoms with van der Waals surface area (Å²) in [5.74, 6) is -0.364. The van der Waals surface area contributed by atoms with Crippen LogP contribution in [0.3, 0.4) is 0 Å². The first kappa shape index (κ1) is 14.0. The number of carbonyl (C=O) groups excluding carboxylic acids is 1. The van der Waals surface area contributed by atoms with E-state index in [0.717, 1.165) is 5.56 Å². The van der Waals surface area contributed by atoms with Gasteiger partial charge in [-0.25, -0.2) is 0 Å². The lowest BCUT2D eigenvalue weighted by atomic mass is 10.0. The highest BCUT2D eigenvalue weighted by atomic mass is 32.2. The molecule has 0 aliphatic carbocycles. The Balaban J connectivity index is 1.72. The zero-order valence-corrected chi connectivity index (χ0v) is 12.3. The van der Waals surface area contributed by atoms with E-state index < -0.39 is 16.0 Å². The highest BCUT2D eigenvalue weighted by Crippen LogP contribution is 2.31. The van der Waals surface area contributed by atoms with Crippen LogP contribution in [0.2, 0.25) is 0 Å². The minimum absolute atomic E-state index is 0.220. The number of carbonyl (C=O) groups is 1. The maximum absolute atomic E-state index is 12.5. The van der Waals surface area contributed by atoms with Crippen molar-refractivity contribution in [2.24, 2.45) is 0 Å². The fourth-order valence-electron chi connectivity index (χ4n) is 2.51. The third-order valence-electron chi connectivity index (χ3n) is 3.62. The molecule has 0 saturated carbocycles. The number of cyclic esters (lactones) is 1. The number of ether oxygens (including phenoxy) is 1. The molecule has 108 valence electrons. The molecule has 3 atom stereocenters. The SMILES string of the molecule is O=C1OC(c2ccccc2)CCC1S(=O)c1ccccc1. The van der Waals surface area contributed by atoms with Crippen molar-refractivity contribution in [3.63, 3.8) is 0 Å². The van der Waals surface area contributed by atoms with E-state index in [1.807, 2.05) is 48.5 Å². The van der Waals surface area contributed by atoms with Gasteiger partial charge < -0.3 is 4.74 Å². The van der Waals surface area contributed by atoms with Crippen LogP contribution in [0.25, 0.3) is 0 Å². The van der Waals surface area contributed by atoms with Gasteiger partial charge in [0.25, 0.3) is 0 Å². The van der Waals surface area contributed by atoms with Gasteiger partial charge in [0.15, 0.2) is 0 Å². The molecule has 21 heavy (non-hydrogen) atoms. The fourth-order valence-corrected chi connectivity index (χ4v) is 3.85. The quantitative estimate of drug-likeness (QED) is 0.817. The third-order valence-corrected chi connectivity index (χ3v) is 5.30. The molecular formula is C17H16O3S. The van der Waals surface area contributed by atoms with Gasteiger partial charge in [-0.3, -0.25) is 9.00 Å². The number of hydrogen-bond donors (Lipinski definition) is 0. The molecule has 0 radical (unpaired) electrons. The number of rotatable bonds is 3. The van der Waals surface area contributed by atoms with Crippen LogP contribution < -0.4 is 0 Å². The Bertz CT molecular complexity index is 640. The molecule has 0 bridgehead atoms. The van der Waals surface area contributed by atoms with Gasteiger partial charge in [-0.05, 0) is 30.5 Å². The van der Waals surface area contributed by atoms with Crippen molar-refractivity contribution in [1.29, 1.82) is 0 Å². The zero-order chi connectivity index (χ0) is 14.7. The van der Waals surface area contributed by atoms with Crippen LogP contribution in [-0.2, 0) is 20.3 Å². The number of esters is 1. The molecule has 2 aromatic carbocycles. The molecule has 4 heteroatoms. The van der Waals surface area contributed by atoms with E-state index >= 15 is 0 Å². The van der Waals surface area contributed by atoms with Gasteiger partial charge in [-0.15, -0.1) is 0 Å². The standard InChI is InChI=1S/C17H16O3S/c18-17-16(21(19)14-9-5-2-6-10-14)12-11-15(20-17)13-7-3-1-4-8-13/h1-10,15-16H,11-12H2. The Kier molecular flexibility index (Phi) is 4.15. The summed E-state index contributed by atoms with van der Waals surface area (Å²) in [7, 11) is -1.35. The molecule has 2 aromatic rings. The molecule has 3 unspecified atom stereocenters. The summed E-state index contributed by atoms with van der Waals surface area (Å²) >= 11 is 0. The number of benzene rings is 2. The molecule has 0 aromatic heterocycles. The van der Waals surface area contributed by atoms with Gasteiger partial charge in [0.2, 0.25) is 0 Å². The molecule has 0 amide bonds. The summed E-state index contributed by atoms with van der Waals surface area (Å²) in [6.07, 6.45) is 1.07. The Morgan fingerprint density at radius 1 is 0.905 bits per heavy atom. The molecule has 0 spiro atoms. The maximum atomic E-state index is 12.5. The second-order valence-electron chi connectivity index (χ2n) is 5.01. The topological polar surface area (TPSA) is 43.4 Å². The molecule has 0 N–H and O–H groups in total. The van der Waals surface area contributed by atoms with Crippen LogP contribution in [0.5, 0.6) is 0 Å². The van der Waals surface area contributed by atoms with Crippen LogP contribution in [0.1, 0.15) is 24.5 Å². The van der Waals surface area contributed by atoms with E-state index in [9.17, 15) is 9.00 Å². The Morgan fingerprint density at radius 2 is 1.52 bits per heavy atom. The van der Waals surface area contributed by atoms with Crippen LogP contribution >= 0.6 is 0 Å². The molecule has 3 rings (SSSR count). The van der Waals surface area contributed by atoms with Gasteiger partial charge in [-0.2, -0.15) is 0 Å². The first-order chi connectivity index (χ1) is 10.3. The Labute approximate surface area is 126 Å². The number of hydrogen-bond acceptors (Lipinski definition) is 3. The molecule has 3 nitrogen and oxygen atoms in total. The lowest BCUT2D eigenvalue weighted by Gasteiger charge is -2.27. The summed E-state index contributed by atoms with van der Waals surface area (Å²) in [5, 5.41) is -0.563. The normalized spacial score (nSPS) is 23.3. The van der Waals surface area contributed by atoms with Crippen LogP contribution in [0.4, 0.5) is 0 Å². The van der Waals surface area contributed by atoms with Gasteiger partial charge in [0.05, 0.1) is 10.8 Å². The van der Waals surface area contributed by atoms with Gasteiger partial charge in [-0.1, -0.05) is 48.5 Å². The van der Waals surface area contributed by atoms with Crippen LogP contribution in [-0.4, -0.2) is 15.4 Å². The molecule has 1 aliphatic heterocycles. The summed E-state index contributed by atoms with van der Waals surface area (Å²) in [5.41, 5.74) is 0.995. The van der Waals surface area contributed by atoms with E-state index in [1.165, 1.54) is 0 Å². The smallest absolute Gasteiger partial charge is 0.322 e. The van der Waals surface area contributed by atoms with Gasteiger partial charge in [0, 0.05) is 4.90 Å². The summed E-state index contributed by atoms with van der Waals surface area (Å²) in [6.45, 7) is 0. The van der Waals surface area contributed by atoms with Gasteiger partial charge >= 0.3 is 5.97 Å². The van der Waals surface area contributed by atoms with E-state index in [1.54, 1.807) is 12.1 Å². The minimum atomic E-state index is -1.35. The van der Waals surface area contributed by atoms with Crippen LogP contribution in [0, 0.1) is 0 Å². The first-order valence-corrected chi connectivity index (χ1v) is 8.18. The van der Waals surface area contributed by atoms with Crippen molar-refractivity contribution >= 4 is 16.8 Å². The van der Waals surface area contributed by atoms with Crippen molar-refractivity contribution in [3.05, 3.63) is 66.2 Å². The summed E-state index contributed by atoms with van der Waals surface area (Å²) in [4.78, 5) is 12.9. The third kappa shape index (κ3) is 3.05. The van der Waals surface area contributed by atoms with E-state index in [-0.39, 0.29) is 12.1 Å².